The van der Waals surface area contributed by atoms with Crippen LogP contribution in [0.4, 0.5) is 5.69 Å². The highest BCUT2D eigenvalue weighted by Gasteiger charge is 2.17. The lowest BCUT2D eigenvalue weighted by Crippen LogP contribution is -2.24. The van der Waals surface area contributed by atoms with Crippen molar-refractivity contribution < 1.29 is 4.74 Å². The molecule has 2 aromatic rings. The molecule has 1 aliphatic rings. The summed E-state index contributed by atoms with van der Waals surface area (Å²) < 4.78 is 6.00. The lowest BCUT2D eigenvalue weighted by Gasteiger charge is -2.28. The molecule has 3 rings (SSSR count). The van der Waals surface area contributed by atoms with Gasteiger partial charge in [-0.25, -0.2) is 0 Å². The second-order valence-corrected chi connectivity index (χ2v) is 4.69. The Morgan fingerprint density at radius 3 is 2.67 bits per heavy atom. The Labute approximate surface area is 108 Å². The van der Waals surface area contributed by atoms with Crippen LogP contribution in [0.2, 0.25) is 0 Å². The second kappa shape index (κ2) is 4.73. The third-order valence-electron chi connectivity index (χ3n) is 3.41. The van der Waals surface area contributed by atoms with E-state index in [9.17, 15) is 0 Å². The molecule has 0 saturated carbocycles. The molecule has 0 spiro atoms. The first kappa shape index (κ1) is 11.1. The average molecular weight is 239 g/mol. The van der Waals surface area contributed by atoms with Gasteiger partial charge < -0.3 is 9.64 Å². The topological polar surface area (TPSA) is 12.5 Å². The molecule has 1 heterocycles. The van der Waals surface area contributed by atoms with Crippen molar-refractivity contribution in [2.45, 2.75) is 12.8 Å². The van der Waals surface area contributed by atoms with Gasteiger partial charge in [-0.3, -0.25) is 0 Å². The van der Waals surface area contributed by atoms with Crippen LogP contribution in [0.1, 0.15) is 12.0 Å². The van der Waals surface area contributed by atoms with Crippen molar-refractivity contribution in [3.05, 3.63) is 54.1 Å². The molecule has 0 unspecified atom stereocenters. The zero-order valence-electron chi connectivity index (χ0n) is 10.6. The van der Waals surface area contributed by atoms with Gasteiger partial charge in [0.05, 0.1) is 0 Å². The molecule has 0 fully saturated rings. The van der Waals surface area contributed by atoms with E-state index in [0.717, 1.165) is 24.5 Å². The average Bonchev–Trinajstić information content (AvgIpc) is 2.41. The van der Waals surface area contributed by atoms with Crippen molar-refractivity contribution >= 4 is 5.69 Å². The number of ether oxygens (including phenoxy) is 1. The van der Waals surface area contributed by atoms with E-state index in [4.69, 9.17) is 4.74 Å². The molecule has 0 N–H and O–H groups in total. The van der Waals surface area contributed by atoms with Crippen molar-refractivity contribution in [3.8, 4) is 11.5 Å². The fourth-order valence-electron chi connectivity index (χ4n) is 2.49. The molecule has 1 aliphatic heterocycles. The van der Waals surface area contributed by atoms with Crippen LogP contribution in [0.25, 0.3) is 0 Å². The molecular formula is C16H17NO. The molecule has 0 aromatic heterocycles. The number of anilines is 1. The predicted molar refractivity (Wildman–Crippen MR) is 74.5 cm³/mol. The predicted octanol–water partition coefficient (Wildman–Crippen LogP) is 3.86. The van der Waals surface area contributed by atoms with Crippen LogP contribution in [0.5, 0.6) is 11.5 Å². The minimum absolute atomic E-state index is 0.902. The van der Waals surface area contributed by atoms with Gasteiger partial charge in [-0.05, 0) is 37.1 Å². The number of hydrogen-bond acceptors (Lipinski definition) is 2. The third-order valence-corrected chi connectivity index (χ3v) is 3.41. The Hall–Kier alpha value is -1.96. The summed E-state index contributed by atoms with van der Waals surface area (Å²) in [7, 11) is 2.14. The van der Waals surface area contributed by atoms with Crippen LogP contribution in [0, 0.1) is 0 Å². The highest BCUT2D eigenvalue weighted by Crippen LogP contribution is 2.35. The van der Waals surface area contributed by atoms with Crippen LogP contribution >= 0.6 is 0 Å². The van der Waals surface area contributed by atoms with Crippen LogP contribution in [-0.2, 0) is 6.42 Å². The quantitative estimate of drug-likeness (QED) is 0.789. The smallest absolute Gasteiger partial charge is 0.132 e. The minimum Gasteiger partial charge on any atom is -0.457 e. The second-order valence-electron chi connectivity index (χ2n) is 4.69. The first-order valence-corrected chi connectivity index (χ1v) is 6.40. The summed E-state index contributed by atoms with van der Waals surface area (Å²) in [5, 5.41) is 0. The van der Waals surface area contributed by atoms with Crippen molar-refractivity contribution in [1.82, 2.24) is 0 Å². The van der Waals surface area contributed by atoms with Gasteiger partial charge in [0, 0.05) is 24.8 Å². The molecule has 18 heavy (non-hydrogen) atoms. The zero-order valence-corrected chi connectivity index (χ0v) is 10.6. The van der Waals surface area contributed by atoms with Crippen molar-refractivity contribution in [2.75, 3.05) is 18.5 Å². The van der Waals surface area contributed by atoms with Crippen LogP contribution < -0.4 is 9.64 Å². The highest BCUT2D eigenvalue weighted by molar-refractivity contribution is 5.61. The maximum Gasteiger partial charge on any atom is 0.132 e. The Morgan fingerprint density at radius 2 is 1.83 bits per heavy atom. The summed E-state index contributed by atoms with van der Waals surface area (Å²) >= 11 is 0. The zero-order chi connectivity index (χ0) is 12.4. The molecule has 0 radical (unpaired) electrons. The number of para-hydroxylation sites is 1. The standard InChI is InChI=1S/C16H17NO/c1-17-12-6-9-14-15(17)10-5-11-16(14)18-13-7-3-2-4-8-13/h2-5,7-8,10-11H,6,9,12H2,1H3. The van der Waals surface area contributed by atoms with E-state index in [0.29, 0.717) is 0 Å². The molecule has 2 nitrogen and oxygen atoms in total. The SMILES string of the molecule is CN1CCCc2c(Oc3ccccc3)cccc21. The van der Waals surface area contributed by atoms with E-state index in [1.807, 2.05) is 30.3 Å². The number of hydrogen-bond donors (Lipinski definition) is 0. The number of nitrogens with zero attached hydrogens (tertiary/aromatic N) is 1. The van der Waals surface area contributed by atoms with Crippen LogP contribution in [-0.4, -0.2) is 13.6 Å². The Bertz CT molecular complexity index is 536. The lowest BCUT2D eigenvalue weighted by molar-refractivity contribution is 0.473. The summed E-state index contributed by atoms with van der Waals surface area (Å²) in [4.78, 5) is 2.30. The van der Waals surface area contributed by atoms with Crippen molar-refractivity contribution in [2.24, 2.45) is 0 Å². The fourth-order valence-corrected chi connectivity index (χ4v) is 2.49. The molecule has 0 bridgehead atoms. The van der Waals surface area contributed by atoms with Crippen molar-refractivity contribution in [3.63, 3.8) is 0 Å². The number of fused-ring (bicyclic) bond motifs is 1. The molecule has 2 aromatic carbocycles. The third kappa shape index (κ3) is 2.06. The van der Waals surface area contributed by atoms with Gasteiger partial charge in [-0.15, -0.1) is 0 Å². The van der Waals surface area contributed by atoms with Crippen LogP contribution in [0.15, 0.2) is 48.5 Å². The monoisotopic (exact) mass is 239 g/mol. The van der Waals surface area contributed by atoms with E-state index >= 15 is 0 Å². The largest absolute Gasteiger partial charge is 0.457 e. The summed E-state index contributed by atoms with van der Waals surface area (Å²) in [6.07, 6.45) is 2.29. The van der Waals surface area contributed by atoms with Crippen LogP contribution in [0.3, 0.4) is 0 Å². The normalized spacial score (nSPS) is 14.2. The first-order chi connectivity index (χ1) is 8.84. The summed E-state index contributed by atoms with van der Waals surface area (Å²) in [5.41, 5.74) is 2.63. The van der Waals surface area contributed by atoms with Gasteiger partial charge in [-0.1, -0.05) is 24.3 Å². The number of benzene rings is 2. The number of rotatable bonds is 2. The van der Waals surface area contributed by atoms with Gasteiger partial charge in [0.25, 0.3) is 0 Å². The maximum atomic E-state index is 6.00. The summed E-state index contributed by atoms with van der Waals surface area (Å²) in [6, 6.07) is 16.3. The minimum atomic E-state index is 0.902. The van der Waals surface area contributed by atoms with E-state index in [-0.39, 0.29) is 0 Å². The van der Waals surface area contributed by atoms with Gasteiger partial charge in [0.1, 0.15) is 11.5 Å². The Morgan fingerprint density at radius 1 is 1.00 bits per heavy atom. The summed E-state index contributed by atoms with van der Waals surface area (Å²) in [5.74, 6) is 1.89. The molecule has 92 valence electrons. The molecular weight excluding hydrogens is 222 g/mol. The Kier molecular flexibility index (Phi) is 2.93. The fraction of sp³-hybridized carbons (Fsp3) is 0.250. The first-order valence-electron chi connectivity index (χ1n) is 6.40. The molecule has 2 heteroatoms. The Balaban J connectivity index is 1.96. The molecule has 0 saturated heterocycles. The maximum absolute atomic E-state index is 6.00. The van der Waals surface area contributed by atoms with Crippen molar-refractivity contribution in [1.29, 1.82) is 0 Å². The van der Waals surface area contributed by atoms with E-state index in [2.05, 4.69) is 30.1 Å². The molecule has 0 aliphatic carbocycles. The van der Waals surface area contributed by atoms with E-state index < -0.39 is 0 Å². The molecule has 0 atom stereocenters. The highest BCUT2D eigenvalue weighted by atomic mass is 16.5. The summed E-state index contributed by atoms with van der Waals surface area (Å²) in [6.45, 7) is 1.13. The van der Waals surface area contributed by atoms with E-state index in [1.54, 1.807) is 0 Å². The lowest BCUT2D eigenvalue weighted by atomic mass is 10.0. The van der Waals surface area contributed by atoms with Gasteiger partial charge in [-0.2, -0.15) is 0 Å². The van der Waals surface area contributed by atoms with E-state index in [1.165, 1.54) is 17.7 Å². The molecule has 0 amide bonds. The van der Waals surface area contributed by atoms with Gasteiger partial charge >= 0.3 is 0 Å². The van der Waals surface area contributed by atoms with Gasteiger partial charge in [0.15, 0.2) is 0 Å². The van der Waals surface area contributed by atoms with Gasteiger partial charge in [0.2, 0.25) is 0 Å².